The Hall–Kier alpha value is -1.81. The van der Waals surface area contributed by atoms with Gasteiger partial charge in [-0.15, -0.1) is 12.6 Å². The number of nitrogens with one attached hydrogen (secondary N) is 1. The number of carbonyl (C=O) groups excluding carboxylic acids is 1. The minimum absolute atomic E-state index is 0.123. The molecule has 0 fully saturated rings. The van der Waals surface area contributed by atoms with Crippen LogP contribution in [0.2, 0.25) is 0 Å². The van der Waals surface area contributed by atoms with Gasteiger partial charge in [-0.25, -0.2) is 4.39 Å². The minimum Gasteiger partial charge on any atom is -0.326 e. The molecule has 0 bridgehead atoms. The van der Waals surface area contributed by atoms with Gasteiger partial charge in [0.2, 0.25) is 5.91 Å². The molecule has 0 radical (unpaired) electrons. The molecule has 2 nitrogen and oxygen atoms in total. The molecular formula is C15H14FNOS. The molecule has 0 heterocycles. The molecule has 0 aliphatic heterocycles. The predicted octanol–water partition coefficient (Wildman–Crippen LogP) is 3.60. The molecule has 19 heavy (non-hydrogen) atoms. The number of aryl methyl sites for hydroxylation is 1. The normalized spacial score (nSPS) is 10.3. The lowest BCUT2D eigenvalue weighted by Crippen LogP contribution is -2.15. The van der Waals surface area contributed by atoms with Gasteiger partial charge < -0.3 is 5.32 Å². The average Bonchev–Trinajstić information content (AvgIpc) is 2.36. The highest BCUT2D eigenvalue weighted by atomic mass is 32.1. The smallest absolute Gasteiger partial charge is 0.228 e. The van der Waals surface area contributed by atoms with Crippen LogP contribution in [0.5, 0.6) is 0 Å². The Morgan fingerprint density at radius 3 is 2.53 bits per heavy atom. The molecular weight excluding hydrogens is 261 g/mol. The van der Waals surface area contributed by atoms with Crippen LogP contribution in [0.1, 0.15) is 11.1 Å². The van der Waals surface area contributed by atoms with Gasteiger partial charge in [0.1, 0.15) is 5.82 Å². The molecule has 1 N–H and O–H groups in total. The summed E-state index contributed by atoms with van der Waals surface area (Å²) < 4.78 is 12.9. The number of halogens is 1. The van der Waals surface area contributed by atoms with Crippen LogP contribution in [0.4, 0.5) is 10.1 Å². The predicted molar refractivity (Wildman–Crippen MR) is 77.2 cm³/mol. The van der Waals surface area contributed by atoms with Gasteiger partial charge in [0.05, 0.1) is 6.42 Å². The third kappa shape index (κ3) is 3.83. The monoisotopic (exact) mass is 275 g/mol. The van der Waals surface area contributed by atoms with Gasteiger partial charge in [0.15, 0.2) is 0 Å². The van der Waals surface area contributed by atoms with Crippen molar-refractivity contribution in [2.24, 2.45) is 0 Å². The molecule has 0 unspecified atom stereocenters. The van der Waals surface area contributed by atoms with Gasteiger partial charge >= 0.3 is 0 Å². The fraction of sp³-hybridized carbons (Fsp3) is 0.133. The van der Waals surface area contributed by atoms with Crippen molar-refractivity contribution in [1.29, 1.82) is 0 Å². The molecule has 2 rings (SSSR count). The maximum atomic E-state index is 12.9. The third-order valence-corrected chi connectivity index (χ3v) is 3.06. The topological polar surface area (TPSA) is 29.1 Å². The second kappa shape index (κ2) is 5.89. The molecule has 4 heteroatoms. The summed E-state index contributed by atoms with van der Waals surface area (Å²) in [5.74, 6) is -0.429. The van der Waals surface area contributed by atoms with Gasteiger partial charge in [-0.05, 0) is 48.4 Å². The Kier molecular flexibility index (Phi) is 4.22. The molecule has 0 saturated heterocycles. The summed E-state index contributed by atoms with van der Waals surface area (Å²) >= 11 is 4.19. The SMILES string of the molecule is Cc1cc(F)ccc1NC(=O)Cc1ccc(S)cc1. The van der Waals surface area contributed by atoms with E-state index in [1.165, 1.54) is 12.1 Å². The first-order valence-electron chi connectivity index (χ1n) is 5.88. The number of thiol groups is 1. The summed E-state index contributed by atoms with van der Waals surface area (Å²) in [6.07, 6.45) is 0.283. The van der Waals surface area contributed by atoms with Crippen LogP contribution in [0, 0.1) is 12.7 Å². The largest absolute Gasteiger partial charge is 0.326 e. The van der Waals surface area contributed by atoms with Gasteiger partial charge in [-0.2, -0.15) is 0 Å². The first kappa shape index (κ1) is 13.6. The van der Waals surface area contributed by atoms with Gasteiger partial charge in [0.25, 0.3) is 0 Å². The van der Waals surface area contributed by atoms with Crippen molar-refractivity contribution in [2.75, 3.05) is 5.32 Å². The fourth-order valence-electron chi connectivity index (χ4n) is 1.76. The number of carbonyl (C=O) groups is 1. The van der Waals surface area contributed by atoms with Crippen molar-refractivity contribution >= 4 is 24.2 Å². The average molecular weight is 275 g/mol. The summed E-state index contributed by atoms with van der Waals surface area (Å²) in [7, 11) is 0. The summed E-state index contributed by atoms with van der Waals surface area (Å²) in [5, 5.41) is 2.78. The standard InChI is InChI=1S/C15H14FNOS/c1-10-8-12(16)4-7-14(10)17-15(18)9-11-2-5-13(19)6-3-11/h2-8,19H,9H2,1H3,(H,17,18). The fourth-order valence-corrected chi connectivity index (χ4v) is 1.91. The number of benzene rings is 2. The highest BCUT2D eigenvalue weighted by molar-refractivity contribution is 7.80. The molecule has 0 aliphatic rings. The van der Waals surface area contributed by atoms with E-state index in [1.807, 2.05) is 24.3 Å². The van der Waals surface area contributed by atoms with Gasteiger partial charge in [-0.1, -0.05) is 12.1 Å². The van der Waals surface area contributed by atoms with Crippen LogP contribution < -0.4 is 5.32 Å². The molecule has 98 valence electrons. The Bertz CT molecular complexity index is 596. The van der Waals surface area contributed by atoms with Crippen molar-refractivity contribution in [3.05, 3.63) is 59.4 Å². The summed E-state index contributed by atoms with van der Waals surface area (Å²) in [4.78, 5) is 12.7. The number of amides is 1. The maximum Gasteiger partial charge on any atom is 0.228 e. The van der Waals surface area contributed by atoms with E-state index in [0.29, 0.717) is 11.3 Å². The van der Waals surface area contributed by atoms with Crippen molar-refractivity contribution in [1.82, 2.24) is 0 Å². The summed E-state index contributed by atoms with van der Waals surface area (Å²) in [6.45, 7) is 1.76. The third-order valence-electron chi connectivity index (χ3n) is 2.76. The van der Waals surface area contributed by atoms with Crippen molar-refractivity contribution in [3.63, 3.8) is 0 Å². The van der Waals surface area contributed by atoms with Gasteiger partial charge in [0, 0.05) is 10.6 Å². The quantitative estimate of drug-likeness (QED) is 0.823. The van der Waals surface area contributed by atoms with E-state index in [1.54, 1.807) is 13.0 Å². The highest BCUT2D eigenvalue weighted by Gasteiger charge is 2.06. The summed E-state index contributed by atoms with van der Waals surface area (Å²) in [6, 6.07) is 11.7. The van der Waals surface area contributed by atoms with E-state index >= 15 is 0 Å². The van der Waals surface area contributed by atoms with Crippen LogP contribution in [-0.2, 0) is 11.2 Å². The maximum absolute atomic E-state index is 12.9. The van der Waals surface area contributed by atoms with Crippen LogP contribution in [0.3, 0.4) is 0 Å². The van der Waals surface area contributed by atoms with Crippen molar-refractivity contribution in [3.8, 4) is 0 Å². The Morgan fingerprint density at radius 1 is 1.21 bits per heavy atom. The lowest BCUT2D eigenvalue weighted by atomic mass is 10.1. The van der Waals surface area contributed by atoms with Crippen LogP contribution in [0.25, 0.3) is 0 Å². The van der Waals surface area contributed by atoms with E-state index in [2.05, 4.69) is 17.9 Å². The Labute approximate surface area is 117 Å². The van der Waals surface area contributed by atoms with E-state index < -0.39 is 0 Å². The molecule has 0 spiro atoms. The second-order valence-electron chi connectivity index (χ2n) is 4.35. The number of rotatable bonds is 3. The lowest BCUT2D eigenvalue weighted by molar-refractivity contribution is -0.115. The first-order valence-corrected chi connectivity index (χ1v) is 6.33. The van der Waals surface area contributed by atoms with E-state index in [-0.39, 0.29) is 18.1 Å². The highest BCUT2D eigenvalue weighted by Crippen LogP contribution is 2.16. The van der Waals surface area contributed by atoms with E-state index in [4.69, 9.17) is 0 Å². The van der Waals surface area contributed by atoms with Crippen molar-refractivity contribution in [2.45, 2.75) is 18.2 Å². The van der Waals surface area contributed by atoms with Gasteiger partial charge in [-0.3, -0.25) is 4.79 Å². The molecule has 2 aromatic carbocycles. The molecule has 0 aromatic heterocycles. The zero-order valence-corrected chi connectivity index (χ0v) is 11.4. The Balaban J connectivity index is 2.03. The number of hydrogen-bond donors (Lipinski definition) is 2. The molecule has 0 aliphatic carbocycles. The molecule has 1 amide bonds. The Morgan fingerprint density at radius 2 is 1.89 bits per heavy atom. The van der Waals surface area contributed by atoms with E-state index in [9.17, 15) is 9.18 Å². The summed E-state index contributed by atoms with van der Waals surface area (Å²) in [5.41, 5.74) is 2.26. The second-order valence-corrected chi connectivity index (χ2v) is 4.87. The van der Waals surface area contributed by atoms with Crippen molar-refractivity contribution < 1.29 is 9.18 Å². The number of anilines is 1. The minimum atomic E-state index is -0.306. The first-order chi connectivity index (χ1) is 9.04. The lowest BCUT2D eigenvalue weighted by Gasteiger charge is -2.08. The van der Waals surface area contributed by atoms with Crippen LogP contribution in [-0.4, -0.2) is 5.91 Å². The van der Waals surface area contributed by atoms with Crippen LogP contribution >= 0.6 is 12.6 Å². The zero-order chi connectivity index (χ0) is 13.8. The molecule has 2 aromatic rings. The van der Waals surface area contributed by atoms with Crippen LogP contribution in [0.15, 0.2) is 47.4 Å². The molecule has 0 saturated carbocycles. The zero-order valence-electron chi connectivity index (χ0n) is 10.5. The van der Waals surface area contributed by atoms with E-state index in [0.717, 1.165) is 10.5 Å². The number of hydrogen-bond acceptors (Lipinski definition) is 2. The molecule has 0 atom stereocenters.